The standard InChI is InChI=1S/C42H90NO3Si.ClH/c1-7-12-17-19-21-23-25-27-29-31-33-36-43(6,37-34-32-30-28-26-24-22-20-18-13-8-2)38-35-42-47(44-39-14-9-3,45-40-15-10-4)46-41-16-11-5;/h7-42H2,1-6H3;1H/q+1;/p-1. The van der Waals surface area contributed by atoms with Crippen LogP contribution in [0, 0.1) is 0 Å². The highest BCUT2D eigenvalue weighted by Gasteiger charge is 2.41. The average Bonchev–Trinajstić information content (AvgIpc) is 3.06. The Balaban J connectivity index is 0. The number of nitrogens with zero attached hydrogens (tertiary/aromatic N) is 1. The van der Waals surface area contributed by atoms with E-state index < -0.39 is 8.80 Å². The highest BCUT2D eigenvalue weighted by atomic mass is 35.5. The number of quaternary nitrogens is 1. The molecule has 0 heterocycles. The summed E-state index contributed by atoms with van der Waals surface area (Å²) < 4.78 is 21.1. The maximum Gasteiger partial charge on any atom is 0.501 e. The molecule has 0 aromatic carbocycles. The Hall–Kier alpha value is 0.347. The molecule has 292 valence electrons. The van der Waals surface area contributed by atoms with Crippen molar-refractivity contribution in [2.75, 3.05) is 46.5 Å². The zero-order valence-electron chi connectivity index (χ0n) is 34.0. The van der Waals surface area contributed by atoms with Crippen LogP contribution in [0.5, 0.6) is 0 Å². The van der Waals surface area contributed by atoms with Crippen LogP contribution in [-0.2, 0) is 13.3 Å². The van der Waals surface area contributed by atoms with Crippen molar-refractivity contribution in [3.05, 3.63) is 0 Å². The van der Waals surface area contributed by atoms with Gasteiger partial charge in [-0.2, -0.15) is 0 Å². The summed E-state index contributed by atoms with van der Waals surface area (Å²) in [6.07, 6.45) is 39.2. The average molecular weight is 721 g/mol. The molecule has 0 unspecified atom stereocenters. The molecule has 0 saturated heterocycles. The first kappa shape index (κ1) is 50.5. The fraction of sp³-hybridized carbons (Fsp3) is 1.00. The van der Waals surface area contributed by atoms with E-state index in [0.717, 1.165) is 70.8 Å². The maximum atomic E-state index is 6.61. The lowest BCUT2D eigenvalue weighted by Gasteiger charge is -2.36. The Labute approximate surface area is 311 Å². The molecule has 6 heteroatoms. The molecule has 4 nitrogen and oxygen atoms in total. The molecular formula is C42H90ClNO3Si. The SMILES string of the molecule is CCCCCCCCCCCCC[N+](C)(CCCCCCCCCCCCC)CCC[Si](OCCCC)(OCCCC)OCCCC.[Cl-]. The summed E-state index contributed by atoms with van der Waals surface area (Å²) in [4.78, 5) is 0. The second kappa shape index (κ2) is 38.6. The second-order valence-electron chi connectivity index (χ2n) is 15.3. The van der Waals surface area contributed by atoms with Crippen LogP contribution in [0.15, 0.2) is 0 Å². The van der Waals surface area contributed by atoms with E-state index in [1.807, 2.05) is 0 Å². The topological polar surface area (TPSA) is 27.7 Å². The highest BCUT2D eigenvalue weighted by molar-refractivity contribution is 6.60. The lowest BCUT2D eigenvalue weighted by molar-refractivity contribution is -0.910. The van der Waals surface area contributed by atoms with Gasteiger partial charge >= 0.3 is 8.80 Å². The monoisotopic (exact) mass is 720 g/mol. The summed E-state index contributed by atoms with van der Waals surface area (Å²) in [6, 6.07) is 0.981. The first-order valence-electron chi connectivity index (χ1n) is 21.8. The third kappa shape index (κ3) is 32.3. The first-order valence-corrected chi connectivity index (χ1v) is 23.7. The normalized spacial score (nSPS) is 12.1. The van der Waals surface area contributed by atoms with Gasteiger partial charge in [-0.3, -0.25) is 0 Å². The summed E-state index contributed by atoms with van der Waals surface area (Å²) in [6.45, 7) is 17.6. The first-order chi connectivity index (χ1) is 23.0. The third-order valence-electron chi connectivity index (χ3n) is 10.2. The molecule has 0 amide bonds. The van der Waals surface area contributed by atoms with Gasteiger partial charge in [0.2, 0.25) is 0 Å². The van der Waals surface area contributed by atoms with Crippen LogP contribution in [0.3, 0.4) is 0 Å². The Kier molecular flexibility index (Phi) is 40.5. The summed E-state index contributed by atoms with van der Waals surface area (Å²) in [5.41, 5.74) is 0. The minimum absolute atomic E-state index is 0. The van der Waals surface area contributed by atoms with E-state index in [4.69, 9.17) is 13.3 Å². The van der Waals surface area contributed by atoms with E-state index in [0.29, 0.717) is 0 Å². The molecule has 0 aromatic rings. The van der Waals surface area contributed by atoms with Crippen molar-refractivity contribution in [1.29, 1.82) is 0 Å². The zero-order chi connectivity index (χ0) is 34.6. The Morgan fingerprint density at radius 2 is 0.583 bits per heavy atom. The van der Waals surface area contributed by atoms with E-state index in [-0.39, 0.29) is 12.4 Å². The van der Waals surface area contributed by atoms with Crippen LogP contribution >= 0.6 is 0 Å². The van der Waals surface area contributed by atoms with Gasteiger partial charge in [0.1, 0.15) is 0 Å². The van der Waals surface area contributed by atoms with Gasteiger partial charge in [-0.15, -0.1) is 0 Å². The van der Waals surface area contributed by atoms with Gasteiger partial charge in [-0.05, 0) is 44.9 Å². The summed E-state index contributed by atoms with van der Waals surface area (Å²) >= 11 is 0. The summed E-state index contributed by atoms with van der Waals surface area (Å²) in [7, 11) is -0.0934. The van der Waals surface area contributed by atoms with Crippen LogP contribution in [0.2, 0.25) is 6.04 Å². The van der Waals surface area contributed by atoms with Gasteiger partial charge in [-0.25, -0.2) is 0 Å². The highest BCUT2D eigenvalue weighted by Crippen LogP contribution is 2.23. The number of unbranched alkanes of at least 4 members (excludes halogenated alkanes) is 23. The predicted molar refractivity (Wildman–Crippen MR) is 211 cm³/mol. The van der Waals surface area contributed by atoms with Crippen molar-refractivity contribution in [3.63, 3.8) is 0 Å². The lowest BCUT2D eigenvalue weighted by atomic mass is 10.0. The molecule has 0 bridgehead atoms. The largest absolute Gasteiger partial charge is 1.00 e. The van der Waals surface area contributed by atoms with Crippen molar-refractivity contribution in [3.8, 4) is 0 Å². The number of halogens is 1. The van der Waals surface area contributed by atoms with Crippen molar-refractivity contribution in [2.45, 2.75) is 227 Å². The van der Waals surface area contributed by atoms with Crippen LogP contribution < -0.4 is 12.4 Å². The summed E-state index contributed by atoms with van der Waals surface area (Å²) in [5.74, 6) is 0. The number of hydrogen-bond acceptors (Lipinski definition) is 3. The van der Waals surface area contributed by atoms with Crippen LogP contribution in [0.25, 0.3) is 0 Å². The fourth-order valence-corrected chi connectivity index (χ4v) is 9.43. The number of rotatable bonds is 40. The molecule has 0 aliphatic rings. The molecule has 0 aromatic heterocycles. The van der Waals surface area contributed by atoms with E-state index >= 15 is 0 Å². The van der Waals surface area contributed by atoms with E-state index in [9.17, 15) is 0 Å². The molecule has 0 spiro atoms. The van der Waals surface area contributed by atoms with Crippen LogP contribution in [0.4, 0.5) is 0 Å². The van der Waals surface area contributed by atoms with Gasteiger partial charge < -0.3 is 30.2 Å². The molecule has 48 heavy (non-hydrogen) atoms. The Morgan fingerprint density at radius 1 is 0.333 bits per heavy atom. The van der Waals surface area contributed by atoms with E-state index in [1.54, 1.807) is 0 Å². The molecule has 0 aliphatic heterocycles. The summed E-state index contributed by atoms with van der Waals surface area (Å²) in [5, 5.41) is 0. The smallest absolute Gasteiger partial charge is 0.501 e. The molecule has 0 saturated carbocycles. The van der Waals surface area contributed by atoms with E-state index in [2.05, 4.69) is 41.7 Å². The van der Waals surface area contributed by atoms with Gasteiger partial charge in [0.15, 0.2) is 0 Å². The lowest BCUT2D eigenvalue weighted by Crippen LogP contribution is -3.00. The second-order valence-corrected chi connectivity index (χ2v) is 18.0. The van der Waals surface area contributed by atoms with Gasteiger partial charge in [-0.1, -0.05) is 169 Å². The minimum Gasteiger partial charge on any atom is -1.00 e. The van der Waals surface area contributed by atoms with Gasteiger partial charge in [0.25, 0.3) is 0 Å². The zero-order valence-corrected chi connectivity index (χ0v) is 35.8. The van der Waals surface area contributed by atoms with Gasteiger partial charge in [0, 0.05) is 32.3 Å². The molecule has 0 rings (SSSR count). The maximum absolute atomic E-state index is 6.61. The molecule has 0 radical (unpaired) electrons. The quantitative estimate of drug-likeness (QED) is 0.0358. The van der Waals surface area contributed by atoms with Gasteiger partial charge in [0.05, 0.1) is 26.7 Å². The Bertz CT molecular complexity index is 559. The minimum atomic E-state index is -2.65. The molecule has 0 N–H and O–H groups in total. The molecular weight excluding hydrogens is 630 g/mol. The van der Waals surface area contributed by atoms with Crippen molar-refractivity contribution >= 4 is 8.80 Å². The number of hydrogen-bond donors (Lipinski definition) is 0. The van der Waals surface area contributed by atoms with Crippen molar-refractivity contribution in [1.82, 2.24) is 0 Å². The van der Waals surface area contributed by atoms with Crippen LogP contribution in [-0.4, -0.2) is 59.8 Å². The predicted octanol–water partition coefficient (Wildman–Crippen LogP) is 10.8. The van der Waals surface area contributed by atoms with Crippen molar-refractivity contribution in [2.24, 2.45) is 0 Å². The molecule has 0 aliphatic carbocycles. The van der Waals surface area contributed by atoms with Crippen LogP contribution in [0.1, 0.15) is 221 Å². The molecule has 0 atom stereocenters. The van der Waals surface area contributed by atoms with E-state index in [1.165, 1.54) is 165 Å². The fourth-order valence-electron chi connectivity index (χ4n) is 6.79. The Morgan fingerprint density at radius 3 is 0.875 bits per heavy atom. The third-order valence-corrected chi connectivity index (χ3v) is 13.1. The molecule has 0 fully saturated rings. The van der Waals surface area contributed by atoms with Crippen molar-refractivity contribution < 1.29 is 30.2 Å².